The quantitative estimate of drug-likeness (QED) is 0.0641. The molecule has 18 unspecified atom stereocenters. The van der Waals surface area contributed by atoms with Gasteiger partial charge in [0.2, 0.25) is 0 Å². The monoisotopic (exact) mass is 665 g/mol. The summed E-state index contributed by atoms with van der Waals surface area (Å²) in [5.74, 6) is 0. The Balaban J connectivity index is 0.00000529. The summed E-state index contributed by atoms with van der Waals surface area (Å²) in [5, 5.41) is 135. The van der Waals surface area contributed by atoms with E-state index in [-0.39, 0.29) is 18.8 Å². The van der Waals surface area contributed by atoms with E-state index in [2.05, 4.69) is 5.32 Å². The SMILES string of the molecule is CC1OC(OC2C(CO)OC(OC(C(O)CO)C(O)C(O)C=O)C(O)C2O)C(O)C(O)C1NC1C=C(CO)C(O)C(O)C1O.O.[HH]. The van der Waals surface area contributed by atoms with Crippen molar-refractivity contribution in [3.8, 4) is 0 Å². The summed E-state index contributed by atoms with van der Waals surface area (Å²) in [6, 6.07) is -2.21. The summed E-state index contributed by atoms with van der Waals surface area (Å²) in [5.41, 5.74) is 0.00900. The highest BCUT2D eigenvalue weighted by Gasteiger charge is 2.52. The number of aliphatic hydroxyl groups excluding tert-OH is 13. The maximum Gasteiger partial charge on any atom is 0.187 e. The van der Waals surface area contributed by atoms with E-state index in [0.29, 0.717) is 0 Å². The third-order valence-corrected chi connectivity index (χ3v) is 8.03. The lowest BCUT2D eigenvalue weighted by Gasteiger charge is -2.48. The van der Waals surface area contributed by atoms with Gasteiger partial charge in [0, 0.05) is 1.43 Å². The number of hydrogen-bond acceptors (Lipinski definition) is 19. The Kier molecular flexibility index (Phi) is 15.2. The fraction of sp³-hybridized carbons (Fsp3) is 0.880. The van der Waals surface area contributed by atoms with Gasteiger partial charge in [0.1, 0.15) is 79.4 Å². The molecule has 20 heteroatoms. The molecule has 0 aromatic rings. The van der Waals surface area contributed by atoms with Gasteiger partial charge in [-0.1, -0.05) is 6.08 Å². The predicted molar refractivity (Wildman–Crippen MR) is 145 cm³/mol. The molecule has 0 spiro atoms. The van der Waals surface area contributed by atoms with Gasteiger partial charge in [-0.05, 0) is 12.5 Å². The maximum atomic E-state index is 10.9. The first-order valence-electron chi connectivity index (χ1n) is 13.9. The van der Waals surface area contributed by atoms with Gasteiger partial charge < -0.3 is 101 Å². The normalized spacial score (nSPS) is 43.4. The first-order chi connectivity index (χ1) is 20.7. The van der Waals surface area contributed by atoms with Crippen LogP contribution in [0.5, 0.6) is 0 Å². The molecule has 18 atom stereocenters. The number of nitrogens with one attached hydrogen (secondary N) is 1. The van der Waals surface area contributed by atoms with Gasteiger partial charge in [-0.3, -0.25) is 0 Å². The first-order valence-corrected chi connectivity index (χ1v) is 13.9. The Hall–Kier alpha value is -1.35. The van der Waals surface area contributed by atoms with E-state index in [0.717, 1.165) is 0 Å². The number of hydrogen-bond donors (Lipinski definition) is 14. The molecular weight excluding hydrogens is 618 g/mol. The molecule has 0 aromatic heterocycles. The van der Waals surface area contributed by atoms with Crippen molar-refractivity contribution in [2.24, 2.45) is 0 Å². The first kappa shape index (κ1) is 39.8. The number of aliphatic hydroxyl groups is 13. The van der Waals surface area contributed by atoms with Crippen LogP contribution in [-0.2, 0) is 23.7 Å². The molecule has 3 rings (SSSR count). The lowest BCUT2D eigenvalue weighted by molar-refractivity contribution is -0.361. The highest BCUT2D eigenvalue weighted by molar-refractivity contribution is 5.56. The third-order valence-electron chi connectivity index (χ3n) is 8.03. The van der Waals surface area contributed by atoms with Crippen LogP contribution < -0.4 is 5.32 Å². The van der Waals surface area contributed by atoms with Crippen LogP contribution in [-0.4, -0.2) is 208 Å². The summed E-state index contributed by atoms with van der Waals surface area (Å²) in [7, 11) is 0. The minimum atomic E-state index is -2.10. The molecule has 2 heterocycles. The zero-order valence-electron chi connectivity index (χ0n) is 24.0. The number of ether oxygens (including phenoxy) is 4. The van der Waals surface area contributed by atoms with Crippen LogP contribution in [0.4, 0.5) is 0 Å². The van der Waals surface area contributed by atoms with E-state index in [1.807, 2.05) is 0 Å². The second kappa shape index (κ2) is 17.2. The summed E-state index contributed by atoms with van der Waals surface area (Å²) in [6.07, 6.45) is -26.8. The molecule has 1 aliphatic carbocycles. The lowest BCUT2D eigenvalue weighted by Crippen LogP contribution is -2.68. The van der Waals surface area contributed by atoms with Crippen LogP contribution >= 0.6 is 0 Å². The molecule has 0 aromatic carbocycles. The molecule has 0 amide bonds. The second-order valence-electron chi connectivity index (χ2n) is 11.0. The predicted octanol–water partition coefficient (Wildman–Crippen LogP) is -9.30. The van der Waals surface area contributed by atoms with Crippen molar-refractivity contribution in [2.75, 3.05) is 19.8 Å². The van der Waals surface area contributed by atoms with Crippen LogP contribution in [0.2, 0.25) is 0 Å². The van der Waals surface area contributed by atoms with Gasteiger partial charge in [0.05, 0.1) is 38.0 Å². The molecule has 0 bridgehead atoms. The highest BCUT2D eigenvalue weighted by Crippen LogP contribution is 2.31. The van der Waals surface area contributed by atoms with Crippen molar-refractivity contribution in [2.45, 2.75) is 117 Å². The standard InChI is InChI=1S/C25H43NO18.H2O.H2/c1-7-13(26-9-2-8(3-27)14(33)18(37)15(9)34)17(36)20(39)24(41-7)44-23-12(6-30)42-25(21(40)19(23)38)43-22(11(32)5-29)16(35)10(31)4-28;;/h2,4,7,9-27,29-40H,3,5-6H2,1H3;1H2;1H. The average Bonchev–Trinajstić information content (AvgIpc) is 3.02. The number of rotatable bonds is 13. The summed E-state index contributed by atoms with van der Waals surface area (Å²) < 4.78 is 22.0. The highest BCUT2D eigenvalue weighted by atomic mass is 16.7. The van der Waals surface area contributed by atoms with Crippen molar-refractivity contribution in [3.63, 3.8) is 0 Å². The minimum absolute atomic E-state index is 0. The van der Waals surface area contributed by atoms with Gasteiger partial charge in [-0.15, -0.1) is 0 Å². The Labute approximate surface area is 257 Å². The smallest absolute Gasteiger partial charge is 0.187 e. The van der Waals surface area contributed by atoms with Gasteiger partial charge >= 0.3 is 0 Å². The second-order valence-corrected chi connectivity index (χ2v) is 11.0. The van der Waals surface area contributed by atoms with Crippen molar-refractivity contribution < 1.29 is 97.0 Å². The van der Waals surface area contributed by atoms with E-state index in [1.54, 1.807) is 0 Å². The Morgan fingerprint density at radius 2 is 1.53 bits per heavy atom. The molecule has 16 N–H and O–H groups in total. The number of carbonyl (C=O) groups is 1. The van der Waals surface area contributed by atoms with Crippen molar-refractivity contribution >= 4 is 6.29 Å². The van der Waals surface area contributed by atoms with Crippen LogP contribution in [0, 0.1) is 0 Å². The van der Waals surface area contributed by atoms with Crippen molar-refractivity contribution in [1.29, 1.82) is 0 Å². The van der Waals surface area contributed by atoms with Gasteiger partial charge in [-0.25, -0.2) is 0 Å². The lowest BCUT2D eigenvalue weighted by atomic mass is 9.86. The molecule has 2 aliphatic heterocycles. The van der Waals surface area contributed by atoms with E-state index < -0.39 is 130 Å². The summed E-state index contributed by atoms with van der Waals surface area (Å²) >= 11 is 0. The van der Waals surface area contributed by atoms with Gasteiger partial charge in [-0.2, -0.15) is 0 Å². The van der Waals surface area contributed by atoms with Crippen LogP contribution in [0.3, 0.4) is 0 Å². The molecule has 0 saturated carbocycles. The fourth-order valence-corrected chi connectivity index (χ4v) is 5.36. The van der Waals surface area contributed by atoms with Crippen LogP contribution in [0.25, 0.3) is 0 Å². The molecule has 0 radical (unpaired) electrons. The zero-order chi connectivity index (χ0) is 33.0. The van der Waals surface area contributed by atoms with Gasteiger partial charge in [0.25, 0.3) is 0 Å². The Morgan fingerprint density at radius 3 is 2.09 bits per heavy atom. The molecule has 45 heavy (non-hydrogen) atoms. The van der Waals surface area contributed by atoms with E-state index in [1.165, 1.54) is 13.0 Å². The molecule has 20 nitrogen and oxygen atoms in total. The van der Waals surface area contributed by atoms with E-state index in [4.69, 9.17) is 18.9 Å². The zero-order valence-corrected chi connectivity index (χ0v) is 24.0. The topological polar surface area (TPSA) is 361 Å². The van der Waals surface area contributed by atoms with E-state index in [9.17, 15) is 71.2 Å². The summed E-state index contributed by atoms with van der Waals surface area (Å²) in [6.45, 7) is -1.08. The Bertz CT molecular complexity index is 951. The number of carbonyl (C=O) groups excluding carboxylic acids is 1. The largest absolute Gasteiger partial charge is 0.412 e. The number of aldehydes is 1. The van der Waals surface area contributed by atoms with Crippen LogP contribution in [0.15, 0.2) is 11.6 Å². The molecular formula is C25H47NO19. The van der Waals surface area contributed by atoms with Crippen LogP contribution in [0.1, 0.15) is 8.35 Å². The fourth-order valence-electron chi connectivity index (χ4n) is 5.36. The molecule has 3 aliphatic rings. The molecule has 2 saturated heterocycles. The van der Waals surface area contributed by atoms with Crippen molar-refractivity contribution in [3.05, 3.63) is 11.6 Å². The van der Waals surface area contributed by atoms with E-state index >= 15 is 0 Å². The summed E-state index contributed by atoms with van der Waals surface area (Å²) in [4.78, 5) is 10.9. The van der Waals surface area contributed by atoms with Gasteiger partial charge in [0.15, 0.2) is 18.9 Å². The third kappa shape index (κ3) is 8.58. The van der Waals surface area contributed by atoms with Crippen molar-refractivity contribution in [1.82, 2.24) is 5.32 Å². The molecule has 266 valence electrons. The Morgan fingerprint density at radius 1 is 0.911 bits per heavy atom. The minimum Gasteiger partial charge on any atom is -0.412 e. The molecule has 2 fully saturated rings. The average molecular weight is 666 g/mol. The maximum absolute atomic E-state index is 10.9.